The average molecular weight is 271 g/mol. The van der Waals surface area contributed by atoms with Crippen molar-refractivity contribution in [2.75, 3.05) is 13.2 Å². The highest BCUT2D eigenvalue weighted by molar-refractivity contribution is 9.10. The Balaban J connectivity index is 1.73. The summed E-state index contributed by atoms with van der Waals surface area (Å²) in [5, 5.41) is 0. The predicted molar refractivity (Wildman–Crippen MR) is 62.8 cm³/mol. The van der Waals surface area contributed by atoms with E-state index in [1.807, 2.05) is 12.1 Å². The third-order valence-electron chi connectivity index (χ3n) is 2.49. The first-order chi connectivity index (χ1) is 7.34. The molecular formula is C12H15BrO2. The number of halogens is 1. The number of hydrogen-bond donors (Lipinski definition) is 0. The van der Waals surface area contributed by atoms with Gasteiger partial charge in [0.05, 0.1) is 19.3 Å². The zero-order valence-electron chi connectivity index (χ0n) is 8.62. The van der Waals surface area contributed by atoms with Crippen molar-refractivity contribution in [1.29, 1.82) is 0 Å². The van der Waals surface area contributed by atoms with Gasteiger partial charge in [-0.15, -0.1) is 0 Å². The maximum atomic E-state index is 5.61. The maximum Gasteiger partial charge on any atom is 0.0809 e. The fraction of sp³-hybridized carbons (Fsp3) is 0.500. The van der Waals surface area contributed by atoms with Crippen LogP contribution in [0, 0.1) is 0 Å². The Morgan fingerprint density at radius 2 is 2.40 bits per heavy atom. The van der Waals surface area contributed by atoms with Gasteiger partial charge in [-0.05, 0) is 30.5 Å². The van der Waals surface area contributed by atoms with Crippen LogP contribution in [0.15, 0.2) is 28.7 Å². The van der Waals surface area contributed by atoms with Crippen LogP contribution in [-0.4, -0.2) is 19.3 Å². The van der Waals surface area contributed by atoms with Gasteiger partial charge in [0.15, 0.2) is 0 Å². The van der Waals surface area contributed by atoms with Crippen LogP contribution in [0.2, 0.25) is 0 Å². The van der Waals surface area contributed by atoms with Crippen molar-refractivity contribution >= 4 is 15.9 Å². The molecule has 0 N–H and O–H groups in total. The predicted octanol–water partition coefficient (Wildman–Crippen LogP) is 3.14. The number of ether oxygens (including phenoxy) is 2. The minimum Gasteiger partial charge on any atom is -0.376 e. The van der Waals surface area contributed by atoms with Gasteiger partial charge in [-0.1, -0.05) is 28.1 Å². The molecule has 1 aromatic rings. The Labute approximate surface area is 98.7 Å². The molecule has 3 heteroatoms. The molecule has 0 unspecified atom stereocenters. The molecule has 1 aromatic carbocycles. The SMILES string of the molecule is Brc1cccc(COC[C@H]2CCCO2)c1. The van der Waals surface area contributed by atoms with Crippen LogP contribution in [0.3, 0.4) is 0 Å². The molecule has 2 nitrogen and oxygen atoms in total. The second-order valence-electron chi connectivity index (χ2n) is 3.78. The van der Waals surface area contributed by atoms with Crippen molar-refractivity contribution in [2.24, 2.45) is 0 Å². The summed E-state index contributed by atoms with van der Waals surface area (Å²) in [6.45, 7) is 2.27. The zero-order chi connectivity index (χ0) is 10.5. The quantitative estimate of drug-likeness (QED) is 0.837. The zero-order valence-corrected chi connectivity index (χ0v) is 10.2. The van der Waals surface area contributed by atoms with Gasteiger partial charge in [-0.3, -0.25) is 0 Å². The van der Waals surface area contributed by atoms with Gasteiger partial charge in [0.2, 0.25) is 0 Å². The summed E-state index contributed by atoms with van der Waals surface area (Å²) in [6.07, 6.45) is 2.63. The molecule has 0 aliphatic carbocycles. The molecule has 1 atom stereocenters. The Hall–Kier alpha value is -0.380. The largest absolute Gasteiger partial charge is 0.376 e. The molecule has 1 aliphatic heterocycles. The lowest BCUT2D eigenvalue weighted by atomic mass is 10.2. The molecule has 1 heterocycles. The molecule has 15 heavy (non-hydrogen) atoms. The molecule has 0 aromatic heterocycles. The highest BCUT2D eigenvalue weighted by atomic mass is 79.9. The lowest BCUT2D eigenvalue weighted by molar-refractivity contribution is 0.0106. The second-order valence-corrected chi connectivity index (χ2v) is 4.70. The Morgan fingerprint density at radius 3 is 3.13 bits per heavy atom. The van der Waals surface area contributed by atoms with E-state index in [-0.39, 0.29) is 0 Å². The third kappa shape index (κ3) is 3.59. The average Bonchev–Trinajstić information content (AvgIpc) is 2.71. The Morgan fingerprint density at radius 1 is 1.47 bits per heavy atom. The van der Waals surface area contributed by atoms with E-state index < -0.39 is 0 Å². The lowest BCUT2D eigenvalue weighted by Crippen LogP contribution is -2.13. The van der Waals surface area contributed by atoms with Crippen molar-refractivity contribution < 1.29 is 9.47 Å². The lowest BCUT2D eigenvalue weighted by Gasteiger charge is -2.10. The van der Waals surface area contributed by atoms with E-state index in [2.05, 4.69) is 28.1 Å². The van der Waals surface area contributed by atoms with Gasteiger partial charge in [-0.2, -0.15) is 0 Å². The van der Waals surface area contributed by atoms with Gasteiger partial charge >= 0.3 is 0 Å². The van der Waals surface area contributed by atoms with Gasteiger partial charge in [0, 0.05) is 11.1 Å². The second kappa shape index (κ2) is 5.64. The summed E-state index contributed by atoms with van der Waals surface area (Å²) in [5.41, 5.74) is 1.20. The minimum absolute atomic E-state index is 0.317. The molecule has 2 rings (SSSR count). The van der Waals surface area contributed by atoms with E-state index in [0.29, 0.717) is 19.3 Å². The topological polar surface area (TPSA) is 18.5 Å². The van der Waals surface area contributed by atoms with E-state index in [1.54, 1.807) is 0 Å². The van der Waals surface area contributed by atoms with Crippen LogP contribution in [0.5, 0.6) is 0 Å². The molecule has 0 radical (unpaired) electrons. The summed E-state index contributed by atoms with van der Waals surface area (Å²) in [6, 6.07) is 8.19. The standard InChI is InChI=1S/C12H15BrO2/c13-11-4-1-3-10(7-11)8-14-9-12-5-2-6-15-12/h1,3-4,7,12H,2,5-6,8-9H2/t12-/m1/s1. The van der Waals surface area contributed by atoms with E-state index in [1.165, 1.54) is 12.0 Å². The molecule has 1 fully saturated rings. The number of hydrogen-bond acceptors (Lipinski definition) is 2. The van der Waals surface area contributed by atoms with Gasteiger partial charge in [0.1, 0.15) is 0 Å². The van der Waals surface area contributed by atoms with E-state index in [4.69, 9.17) is 9.47 Å². The molecular weight excluding hydrogens is 256 g/mol. The normalized spacial score (nSPS) is 20.7. The smallest absolute Gasteiger partial charge is 0.0809 e. The van der Waals surface area contributed by atoms with Crippen LogP contribution < -0.4 is 0 Å². The van der Waals surface area contributed by atoms with Crippen molar-refractivity contribution in [2.45, 2.75) is 25.6 Å². The highest BCUT2D eigenvalue weighted by Gasteiger charge is 2.14. The van der Waals surface area contributed by atoms with E-state index in [0.717, 1.165) is 17.5 Å². The first-order valence-electron chi connectivity index (χ1n) is 5.28. The van der Waals surface area contributed by atoms with Gasteiger partial charge in [-0.25, -0.2) is 0 Å². The van der Waals surface area contributed by atoms with Crippen LogP contribution in [0.1, 0.15) is 18.4 Å². The number of benzene rings is 1. The fourth-order valence-corrected chi connectivity index (χ4v) is 2.16. The van der Waals surface area contributed by atoms with Gasteiger partial charge in [0.25, 0.3) is 0 Å². The summed E-state index contributed by atoms with van der Waals surface area (Å²) >= 11 is 3.44. The monoisotopic (exact) mass is 270 g/mol. The Kier molecular flexibility index (Phi) is 4.18. The van der Waals surface area contributed by atoms with Crippen molar-refractivity contribution in [3.8, 4) is 0 Å². The maximum absolute atomic E-state index is 5.61. The summed E-state index contributed by atoms with van der Waals surface area (Å²) in [7, 11) is 0. The number of rotatable bonds is 4. The molecule has 0 saturated carbocycles. The van der Waals surface area contributed by atoms with Crippen molar-refractivity contribution in [1.82, 2.24) is 0 Å². The van der Waals surface area contributed by atoms with E-state index >= 15 is 0 Å². The minimum atomic E-state index is 0.317. The molecule has 0 bridgehead atoms. The van der Waals surface area contributed by atoms with Crippen molar-refractivity contribution in [3.63, 3.8) is 0 Å². The van der Waals surface area contributed by atoms with Crippen molar-refractivity contribution in [3.05, 3.63) is 34.3 Å². The Bertz CT molecular complexity index is 308. The highest BCUT2D eigenvalue weighted by Crippen LogP contribution is 2.15. The van der Waals surface area contributed by atoms with Crippen LogP contribution >= 0.6 is 15.9 Å². The van der Waals surface area contributed by atoms with Crippen LogP contribution in [0.4, 0.5) is 0 Å². The first-order valence-corrected chi connectivity index (χ1v) is 6.08. The summed E-state index contributed by atoms with van der Waals surface area (Å²) in [5.74, 6) is 0. The summed E-state index contributed by atoms with van der Waals surface area (Å²) in [4.78, 5) is 0. The molecule has 0 spiro atoms. The molecule has 1 saturated heterocycles. The van der Waals surface area contributed by atoms with Crippen LogP contribution in [0.25, 0.3) is 0 Å². The molecule has 1 aliphatic rings. The summed E-state index contributed by atoms with van der Waals surface area (Å²) < 4.78 is 12.2. The molecule has 82 valence electrons. The van der Waals surface area contributed by atoms with Gasteiger partial charge < -0.3 is 9.47 Å². The fourth-order valence-electron chi connectivity index (χ4n) is 1.71. The first kappa shape index (κ1) is 11.1. The molecule has 0 amide bonds. The third-order valence-corrected chi connectivity index (χ3v) is 2.98. The van der Waals surface area contributed by atoms with Crippen LogP contribution in [-0.2, 0) is 16.1 Å². The van der Waals surface area contributed by atoms with E-state index in [9.17, 15) is 0 Å².